The van der Waals surface area contributed by atoms with Gasteiger partial charge in [-0.2, -0.15) is 0 Å². The van der Waals surface area contributed by atoms with Crippen molar-refractivity contribution < 1.29 is 22.4 Å². The number of nitrogens with one attached hydrogen (secondary N) is 2. The number of Topliss-reactive ketones (excluding diaryl/α,β-unsaturated/α-hetero) is 1. The van der Waals surface area contributed by atoms with Crippen molar-refractivity contribution >= 4 is 44.9 Å². The van der Waals surface area contributed by atoms with E-state index in [1.54, 1.807) is 55.5 Å². The van der Waals surface area contributed by atoms with E-state index < -0.39 is 10.0 Å². The molecule has 0 spiro atoms. The third-order valence-corrected chi connectivity index (χ3v) is 6.17. The zero-order valence-electron chi connectivity index (χ0n) is 16.8. The molecule has 2 aromatic carbocycles. The number of sulfonamides is 1. The number of hydrogen-bond acceptors (Lipinski definition) is 8. The van der Waals surface area contributed by atoms with Gasteiger partial charge in [0.15, 0.2) is 5.78 Å². The summed E-state index contributed by atoms with van der Waals surface area (Å²) in [6.07, 6.45) is 0. The topological polar surface area (TPSA) is 131 Å². The number of thioether (sulfide) groups is 1. The number of anilines is 2. The Hall–Kier alpha value is -3.18. The Balaban J connectivity index is 1.58. The molecule has 0 aliphatic carbocycles. The number of amides is 1. The number of rotatable bonds is 9. The summed E-state index contributed by atoms with van der Waals surface area (Å²) in [6, 6.07) is 13.1. The first kappa shape index (κ1) is 22.5. The van der Waals surface area contributed by atoms with Gasteiger partial charge < -0.3 is 9.73 Å². The van der Waals surface area contributed by atoms with Crippen molar-refractivity contribution in [2.75, 3.05) is 21.5 Å². The molecule has 162 valence electrons. The van der Waals surface area contributed by atoms with Crippen LogP contribution in [0.5, 0.6) is 0 Å². The first-order valence-electron chi connectivity index (χ1n) is 9.24. The Morgan fingerprint density at radius 1 is 1.00 bits per heavy atom. The average Bonchev–Trinajstić information content (AvgIpc) is 3.21. The fraction of sp³-hybridized carbons (Fsp3) is 0.200. The van der Waals surface area contributed by atoms with Gasteiger partial charge in [-0.1, -0.05) is 11.8 Å². The van der Waals surface area contributed by atoms with Crippen molar-refractivity contribution in [2.24, 2.45) is 0 Å². The molecule has 0 fully saturated rings. The van der Waals surface area contributed by atoms with E-state index in [-0.39, 0.29) is 34.3 Å². The summed E-state index contributed by atoms with van der Waals surface area (Å²) in [4.78, 5) is 23.4. The molecule has 2 N–H and O–H groups in total. The average molecular weight is 461 g/mol. The highest BCUT2D eigenvalue weighted by molar-refractivity contribution is 7.99. The van der Waals surface area contributed by atoms with Crippen LogP contribution >= 0.6 is 11.8 Å². The zero-order chi connectivity index (χ0) is 22.4. The molecule has 0 atom stereocenters. The zero-order valence-corrected chi connectivity index (χ0v) is 18.4. The van der Waals surface area contributed by atoms with E-state index in [0.717, 1.165) is 11.8 Å². The van der Waals surface area contributed by atoms with Crippen LogP contribution in [0, 0.1) is 0 Å². The van der Waals surface area contributed by atoms with Crippen molar-refractivity contribution in [3.8, 4) is 11.5 Å². The molecule has 0 aliphatic rings. The van der Waals surface area contributed by atoms with Gasteiger partial charge in [-0.15, -0.1) is 10.2 Å². The van der Waals surface area contributed by atoms with Crippen LogP contribution in [0.25, 0.3) is 11.5 Å². The Morgan fingerprint density at radius 3 is 2.26 bits per heavy atom. The Bertz CT molecular complexity index is 1170. The molecular formula is C20H20N4O5S2. The molecule has 0 bridgehead atoms. The summed E-state index contributed by atoms with van der Waals surface area (Å²) >= 11 is 1.12. The highest BCUT2D eigenvalue weighted by Crippen LogP contribution is 2.25. The molecule has 1 aromatic heterocycles. The van der Waals surface area contributed by atoms with E-state index in [0.29, 0.717) is 22.5 Å². The summed E-state index contributed by atoms with van der Waals surface area (Å²) < 4.78 is 31.3. The third kappa shape index (κ3) is 6.40. The van der Waals surface area contributed by atoms with Gasteiger partial charge >= 0.3 is 0 Å². The van der Waals surface area contributed by atoms with Crippen LogP contribution < -0.4 is 10.0 Å². The number of nitrogens with zero attached hydrogens (tertiary/aromatic N) is 2. The van der Waals surface area contributed by atoms with Gasteiger partial charge in [-0.05, 0) is 55.5 Å². The van der Waals surface area contributed by atoms with E-state index in [9.17, 15) is 18.0 Å². The molecule has 11 heteroatoms. The minimum absolute atomic E-state index is 0.0167. The Kier molecular flexibility index (Phi) is 7.08. The van der Waals surface area contributed by atoms with Crippen molar-refractivity contribution in [1.29, 1.82) is 0 Å². The van der Waals surface area contributed by atoms with E-state index in [1.807, 2.05) is 0 Å². The maximum Gasteiger partial charge on any atom is 0.277 e. The summed E-state index contributed by atoms with van der Waals surface area (Å²) in [5.41, 5.74) is 2.19. The van der Waals surface area contributed by atoms with Gasteiger partial charge in [0.1, 0.15) is 0 Å². The van der Waals surface area contributed by atoms with Gasteiger partial charge in [0.2, 0.25) is 21.8 Å². The first-order valence-corrected chi connectivity index (χ1v) is 11.9. The molecule has 0 unspecified atom stereocenters. The van der Waals surface area contributed by atoms with Crippen LogP contribution in [0.2, 0.25) is 0 Å². The SMILES string of the molecule is CCS(=O)(=O)Nc1ccc(-c2nnc(SCC(=O)c3ccc(NC(C)=O)cc3)o2)cc1. The van der Waals surface area contributed by atoms with Crippen LogP contribution in [0.4, 0.5) is 11.4 Å². The summed E-state index contributed by atoms with van der Waals surface area (Å²) in [7, 11) is -3.35. The minimum atomic E-state index is -3.35. The number of ketones is 1. The lowest BCUT2D eigenvalue weighted by Gasteiger charge is -2.05. The maximum absolute atomic E-state index is 12.4. The highest BCUT2D eigenvalue weighted by atomic mass is 32.2. The van der Waals surface area contributed by atoms with E-state index in [2.05, 4.69) is 20.2 Å². The van der Waals surface area contributed by atoms with E-state index >= 15 is 0 Å². The largest absolute Gasteiger partial charge is 0.411 e. The molecule has 0 saturated carbocycles. The number of aromatic nitrogens is 2. The number of hydrogen-bond donors (Lipinski definition) is 2. The van der Waals surface area contributed by atoms with Crippen LogP contribution in [0.15, 0.2) is 58.2 Å². The standard InChI is InChI=1S/C20H20N4O5S2/c1-3-31(27,28)24-17-10-6-15(7-11-17)19-22-23-20(29-19)30-12-18(26)14-4-8-16(9-5-14)21-13(2)25/h4-11,24H,3,12H2,1-2H3,(H,21,25). The minimum Gasteiger partial charge on any atom is -0.411 e. The molecule has 0 saturated heterocycles. The molecular weight excluding hydrogens is 440 g/mol. The molecule has 3 aromatic rings. The van der Waals surface area contributed by atoms with Crippen molar-refractivity contribution in [2.45, 2.75) is 19.1 Å². The first-order chi connectivity index (χ1) is 14.8. The third-order valence-electron chi connectivity index (χ3n) is 4.05. The molecule has 31 heavy (non-hydrogen) atoms. The molecule has 3 rings (SSSR count). The highest BCUT2D eigenvalue weighted by Gasteiger charge is 2.13. The fourth-order valence-corrected chi connectivity index (χ4v) is 3.77. The van der Waals surface area contributed by atoms with Crippen LogP contribution in [0.3, 0.4) is 0 Å². The Morgan fingerprint density at radius 2 is 1.65 bits per heavy atom. The quantitative estimate of drug-likeness (QED) is 0.367. The van der Waals surface area contributed by atoms with Gasteiger partial charge in [0, 0.05) is 29.4 Å². The van der Waals surface area contributed by atoms with Crippen LogP contribution in [-0.4, -0.2) is 41.8 Å². The molecule has 0 radical (unpaired) electrons. The monoisotopic (exact) mass is 460 g/mol. The lowest BCUT2D eigenvalue weighted by Crippen LogP contribution is -2.14. The van der Waals surface area contributed by atoms with Gasteiger partial charge in [0.25, 0.3) is 5.22 Å². The van der Waals surface area contributed by atoms with Crippen LogP contribution in [0.1, 0.15) is 24.2 Å². The fourth-order valence-electron chi connectivity index (χ4n) is 2.47. The predicted octanol–water partition coefficient (Wildman–Crippen LogP) is 3.43. The lowest BCUT2D eigenvalue weighted by atomic mass is 10.1. The summed E-state index contributed by atoms with van der Waals surface area (Å²) in [5.74, 6) is 0.0562. The molecule has 1 amide bonds. The predicted molar refractivity (Wildman–Crippen MR) is 119 cm³/mol. The molecule has 9 nitrogen and oxygen atoms in total. The smallest absolute Gasteiger partial charge is 0.277 e. The van der Waals surface area contributed by atoms with E-state index in [1.165, 1.54) is 6.92 Å². The molecule has 1 heterocycles. The van der Waals surface area contributed by atoms with E-state index in [4.69, 9.17) is 4.42 Å². The second-order valence-corrected chi connectivity index (χ2v) is 9.36. The van der Waals surface area contributed by atoms with Gasteiger partial charge in [0.05, 0.1) is 11.5 Å². The molecule has 0 aliphatic heterocycles. The second kappa shape index (κ2) is 9.75. The van der Waals surface area contributed by atoms with Crippen molar-refractivity contribution in [3.05, 3.63) is 54.1 Å². The van der Waals surface area contributed by atoms with Crippen LogP contribution in [-0.2, 0) is 14.8 Å². The summed E-state index contributed by atoms with van der Waals surface area (Å²) in [6.45, 7) is 2.97. The second-order valence-electron chi connectivity index (χ2n) is 6.43. The lowest BCUT2D eigenvalue weighted by molar-refractivity contribution is -0.114. The maximum atomic E-state index is 12.4. The van der Waals surface area contributed by atoms with Gasteiger partial charge in [-0.3, -0.25) is 14.3 Å². The van der Waals surface area contributed by atoms with Crippen molar-refractivity contribution in [3.63, 3.8) is 0 Å². The van der Waals surface area contributed by atoms with Crippen molar-refractivity contribution in [1.82, 2.24) is 10.2 Å². The number of carbonyl (C=O) groups is 2. The number of benzene rings is 2. The summed E-state index contributed by atoms with van der Waals surface area (Å²) in [5, 5.41) is 10.8. The number of carbonyl (C=O) groups excluding carboxylic acids is 2. The Labute approximate surface area is 183 Å². The normalized spacial score (nSPS) is 11.2. The van der Waals surface area contributed by atoms with Gasteiger partial charge in [-0.25, -0.2) is 8.42 Å².